The Balaban J connectivity index is 1.98. The SMILES string of the molecule is C=CC(=O)N(C/C=C/CN(C(=O)C=C)C1C=CCCC1)C1C=CCCC1. The van der Waals surface area contributed by atoms with Gasteiger partial charge in [0.25, 0.3) is 0 Å². The van der Waals surface area contributed by atoms with Crippen LogP contribution in [0, 0.1) is 0 Å². The van der Waals surface area contributed by atoms with Gasteiger partial charge < -0.3 is 9.80 Å². The van der Waals surface area contributed by atoms with E-state index < -0.39 is 0 Å². The van der Waals surface area contributed by atoms with Crippen molar-refractivity contribution in [2.24, 2.45) is 0 Å². The summed E-state index contributed by atoms with van der Waals surface area (Å²) in [4.78, 5) is 28.1. The van der Waals surface area contributed by atoms with Crippen LogP contribution in [-0.4, -0.2) is 46.8 Å². The molecule has 4 nitrogen and oxygen atoms in total. The molecule has 0 aromatic carbocycles. The van der Waals surface area contributed by atoms with Crippen molar-refractivity contribution in [3.8, 4) is 0 Å². The largest absolute Gasteiger partial charge is 0.329 e. The van der Waals surface area contributed by atoms with Gasteiger partial charge in [-0.15, -0.1) is 0 Å². The van der Waals surface area contributed by atoms with E-state index in [1.807, 2.05) is 22.0 Å². The average Bonchev–Trinajstić information content (AvgIpc) is 2.71. The van der Waals surface area contributed by atoms with Crippen molar-refractivity contribution in [2.45, 2.75) is 50.6 Å². The first-order chi connectivity index (χ1) is 12.7. The molecule has 26 heavy (non-hydrogen) atoms. The van der Waals surface area contributed by atoms with Gasteiger partial charge in [0.1, 0.15) is 0 Å². The second-order valence-corrected chi connectivity index (χ2v) is 6.71. The number of allylic oxidation sites excluding steroid dienone is 2. The van der Waals surface area contributed by atoms with Gasteiger partial charge in [-0.1, -0.05) is 49.6 Å². The van der Waals surface area contributed by atoms with Crippen LogP contribution in [0.3, 0.4) is 0 Å². The number of carbonyl (C=O) groups is 2. The van der Waals surface area contributed by atoms with E-state index in [4.69, 9.17) is 0 Å². The highest BCUT2D eigenvalue weighted by molar-refractivity contribution is 5.88. The lowest BCUT2D eigenvalue weighted by Gasteiger charge is -2.31. The van der Waals surface area contributed by atoms with Crippen molar-refractivity contribution in [1.82, 2.24) is 9.80 Å². The summed E-state index contributed by atoms with van der Waals surface area (Å²) in [5.74, 6) is -0.110. The molecule has 2 rings (SSSR count). The number of amides is 2. The third-order valence-electron chi connectivity index (χ3n) is 4.94. The third-order valence-corrected chi connectivity index (χ3v) is 4.94. The molecule has 0 fully saturated rings. The lowest BCUT2D eigenvalue weighted by Crippen LogP contribution is -2.40. The zero-order valence-corrected chi connectivity index (χ0v) is 15.6. The lowest BCUT2D eigenvalue weighted by molar-refractivity contribution is -0.128. The molecular weight excluding hydrogens is 324 g/mol. The van der Waals surface area contributed by atoms with E-state index in [0.717, 1.165) is 38.5 Å². The fourth-order valence-corrected chi connectivity index (χ4v) is 3.50. The normalized spacial score (nSPS) is 22.2. The molecule has 140 valence electrons. The Bertz CT molecular complexity index is 551. The fourth-order valence-electron chi connectivity index (χ4n) is 3.50. The molecule has 0 radical (unpaired) electrons. The van der Waals surface area contributed by atoms with Crippen molar-refractivity contribution < 1.29 is 9.59 Å². The van der Waals surface area contributed by atoms with Crippen molar-refractivity contribution >= 4 is 11.8 Å². The Morgan fingerprint density at radius 2 is 1.27 bits per heavy atom. The molecule has 2 aliphatic carbocycles. The molecule has 0 N–H and O–H groups in total. The molecule has 0 aromatic heterocycles. The van der Waals surface area contributed by atoms with E-state index >= 15 is 0 Å². The molecule has 0 saturated heterocycles. The number of rotatable bonds is 8. The maximum absolute atomic E-state index is 12.2. The monoisotopic (exact) mass is 354 g/mol. The van der Waals surface area contributed by atoms with E-state index in [9.17, 15) is 9.59 Å². The molecular formula is C22H30N2O2. The van der Waals surface area contributed by atoms with Crippen molar-refractivity contribution in [3.05, 3.63) is 61.8 Å². The highest BCUT2D eigenvalue weighted by Crippen LogP contribution is 2.18. The fraction of sp³-hybridized carbons (Fsp3) is 0.455. The molecule has 2 atom stereocenters. The van der Waals surface area contributed by atoms with Crippen molar-refractivity contribution in [3.63, 3.8) is 0 Å². The van der Waals surface area contributed by atoms with E-state index in [0.29, 0.717) is 13.1 Å². The van der Waals surface area contributed by atoms with Crippen molar-refractivity contribution in [2.75, 3.05) is 13.1 Å². The molecule has 0 bridgehead atoms. The van der Waals surface area contributed by atoms with Crippen LogP contribution >= 0.6 is 0 Å². The average molecular weight is 354 g/mol. The van der Waals surface area contributed by atoms with Crippen LogP contribution in [0.1, 0.15) is 38.5 Å². The standard InChI is InChI=1S/C22H30N2O2/c1-3-21(25)23(19-13-7-5-8-14-19)17-11-12-18-24(22(26)4-2)20-15-9-6-10-16-20/h3-4,7,9,11-13,15,19-20H,1-2,5-6,8,10,14,16-18H2/b12-11+. The van der Waals surface area contributed by atoms with E-state index in [2.05, 4.69) is 37.5 Å². The second-order valence-electron chi connectivity index (χ2n) is 6.71. The second kappa shape index (κ2) is 10.6. The van der Waals surface area contributed by atoms with Crippen LogP contribution in [0.15, 0.2) is 61.8 Å². The molecule has 0 spiro atoms. The van der Waals surface area contributed by atoms with Crippen LogP contribution in [0.4, 0.5) is 0 Å². The molecule has 2 unspecified atom stereocenters. The lowest BCUT2D eigenvalue weighted by atomic mass is 10.0. The first-order valence-corrected chi connectivity index (χ1v) is 9.51. The third kappa shape index (κ3) is 5.58. The minimum Gasteiger partial charge on any atom is -0.329 e. The zero-order valence-electron chi connectivity index (χ0n) is 15.6. The molecule has 0 aliphatic heterocycles. The first-order valence-electron chi connectivity index (χ1n) is 9.51. The molecule has 2 amide bonds. The molecule has 0 saturated carbocycles. The Morgan fingerprint density at radius 1 is 0.846 bits per heavy atom. The summed E-state index contributed by atoms with van der Waals surface area (Å²) in [6.07, 6.45) is 21.5. The maximum atomic E-state index is 12.2. The van der Waals surface area contributed by atoms with Gasteiger partial charge in [-0.2, -0.15) is 0 Å². The molecule has 0 aromatic rings. The van der Waals surface area contributed by atoms with Gasteiger partial charge in [-0.3, -0.25) is 9.59 Å². The Hall–Kier alpha value is -2.36. The van der Waals surface area contributed by atoms with Crippen LogP contribution in [0.2, 0.25) is 0 Å². The number of hydrogen-bond acceptors (Lipinski definition) is 2. The van der Waals surface area contributed by atoms with Gasteiger partial charge in [0.05, 0.1) is 12.1 Å². The van der Waals surface area contributed by atoms with Crippen LogP contribution in [-0.2, 0) is 9.59 Å². The zero-order chi connectivity index (χ0) is 18.8. The van der Waals surface area contributed by atoms with E-state index in [1.54, 1.807) is 0 Å². The predicted octanol–water partition coefficient (Wildman–Crippen LogP) is 3.79. The van der Waals surface area contributed by atoms with Crippen molar-refractivity contribution in [1.29, 1.82) is 0 Å². The minimum absolute atomic E-state index is 0.0552. The topological polar surface area (TPSA) is 40.6 Å². The van der Waals surface area contributed by atoms with Crippen LogP contribution < -0.4 is 0 Å². The highest BCUT2D eigenvalue weighted by Gasteiger charge is 2.21. The highest BCUT2D eigenvalue weighted by atomic mass is 16.2. The van der Waals surface area contributed by atoms with Crippen LogP contribution in [0.5, 0.6) is 0 Å². The summed E-state index contributed by atoms with van der Waals surface area (Å²) in [5.41, 5.74) is 0. The Labute approximate surface area is 157 Å². The van der Waals surface area contributed by atoms with Gasteiger partial charge in [0.15, 0.2) is 0 Å². The summed E-state index contributed by atoms with van der Waals surface area (Å²) in [5, 5.41) is 0. The van der Waals surface area contributed by atoms with Crippen LogP contribution in [0.25, 0.3) is 0 Å². The number of carbonyl (C=O) groups excluding carboxylic acids is 2. The summed E-state index contributed by atoms with van der Waals surface area (Å²) >= 11 is 0. The van der Waals surface area contributed by atoms with Gasteiger partial charge in [0, 0.05) is 13.1 Å². The van der Waals surface area contributed by atoms with E-state index in [-0.39, 0.29) is 23.9 Å². The summed E-state index contributed by atoms with van der Waals surface area (Å²) < 4.78 is 0. The first kappa shape index (κ1) is 20.0. The Morgan fingerprint density at radius 3 is 1.58 bits per heavy atom. The Kier molecular flexibility index (Phi) is 8.13. The number of hydrogen-bond donors (Lipinski definition) is 0. The summed E-state index contributed by atoms with van der Waals surface area (Å²) in [7, 11) is 0. The quantitative estimate of drug-likeness (QED) is 0.491. The van der Waals surface area contributed by atoms with Gasteiger partial charge in [-0.05, 0) is 50.7 Å². The summed E-state index contributed by atoms with van der Waals surface area (Å²) in [6, 6.07) is 0.261. The van der Waals surface area contributed by atoms with Gasteiger partial charge in [-0.25, -0.2) is 0 Å². The maximum Gasteiger partial charge on any atom is 0.246 e. The molecule has 4 heteroatoms. The molecule has 2 aliphatic rings. The minimum atomic E-state index is -0.0552. The molecule has 0 heterocycles. The van der Waals surface area contributed by atoms with Gasteiger partial charge in [0.2, 0.25) is 11.8 Å². The predicted molar refractivity (Wildman–Crippen MR) is 107 cm³/mol. The van der Waals surface area contributed by atoms with E-state index in [1.165, 1.54) is 12.2 Å². The smallest absolute Gasteiger partial charge is 0.246 e. The summed E-state index contributed by atoms with van der Waals surface area (Å²) in [6.45, 7) is 8.28. The number of nitrogens with zero attached hydrogens (tertiary/aromatic N) is 2. The van der Waals surface area contributed by atoms with Gasteiger partial charge >= 0.3 is 0 Å².